The largest absolute Gasteiger partial charge is 0.446 e. The van der Waals surface area contributed by atoms with Crippen LogP contribution in [-0.4, -0.2) is 13.5 Å². The summed E-state index contributed by atoms with van der Waals surface area (Å²) in [5, 5.41) is 8.73. The Morgan fingerprint density at radius 2 is 1.90 bits per heavy atom. The molecular formula is C14H17NO4S. The van der Waals surface area contributed by atoms with E-state index in [4.69, 9.17) is 9.52 Å². The van der Waals surface area contributed by atoms with Crippen LogP contribution in [0.15, 0.2) is 52.0 Å². The molecule has 0 radical (unpaired) electrons. The van der Waals surface area contributed by atoms with Gasteiger partial charge < -0.3 is 9.52 Å². The molecule has 20 heavy (non-hydrogen) atoms. The molecule has 0 spiro atoms. The second-order valence-corrected chi connectivity index (χ2v) is 6.02. The predicted molar refractivity (Wildman–Crippen MR) is 74.4 cm³/mol. The SMILES string of the molecule is CCC(NS(=O)(=O)c1ccc(CO)o1)c1ccccc1. The highest BCUT2D eigenvalue weighted by atomic mass is 32.2. The summed E-state index contributed by atoms with van der Waals surface area (Å²) in [5.74, 6) is 0.220. The Kier molecular flexibility index (Phi) is 4.59. The molecule has 0 aliphatic carbocycles. The molecule has 6 heteroatoms. The molecule has 2 rings (SSSR count). The van der Waals surface area contributed by atoms with E-state index in [9.17, 15) is 8.42 Å². The van der Waals surface area contributed by atoms with E-state index in [1.54, 1.807) is 0 Å². The van der Waals surface area contributed by atoms with Crippen LogP contribution < -0.4 is 4.72 Å². The normalized spacial score (nSPS) is 13.3. The molecule has 1 atom stereocenters. The summed E-state index contributed by atoms with van der Waals surface area (Å²) in [6.45, 7) is 1.58. The van der Waals surface area contributed by atoms with Gasteiger partial charge in [-0.2, -0.15) is 0 Å². The highest BCUT2D eigenvalue weighted by Crippen LogP contribution is 2.21. The van der Waals surface area contributed by atoms with Gasteiger partial charge in [-0.15, -0.1) is 0 Å². The zero-order chi connectivity index (χ0) is 14.6. The van der Waals surface area contributed by atoms with E-state index < -0.39 is 10.0 Å². The van der Waals surface area contributed by atoms with Gasteiger partial charge in [0.1, 0.15) is 12.4 Å². The molecule has 5 nitrogen and oxygen atoms in total. The first-order valence-corrected chi connectivity index (χ1v) is 7.82. The zero-order valence-corrected chi connectivity index (χ0v) is 11.9. The number of rotatable bonds is 6. The molecule has 0 saturated heterocycles. The second kappa shape index (κ2) is 6.21. The van der Waals surface area contributed by atoms with Gasteiger partial charge in [-0.3, -0.25) is 0 Å². The maximum atomic E-state index is 12.2. The minimum Gasteiger partial charge on any atom is -0.446 e. The molecule has 1 aromatic heterocycles. The standard InChI is InChI=1S/C14H17NO4S/c1-2-13(11-6-4-3-5-7-11)15-20(17,18)14-9-8-12(10-16)19-14/h3-9,13,15-16H,2,10H2,1H3. The predicted octanol–water partition coefficient (Wildman–Crippen LogP) is 2.20. The van der Waals surface area contributed by atoms with Crippen LogP contribution in [0, 0.1) is 0 Å². The van der Waals surface area contributed by atoms with Gasteiger partial charge in [0.25, 0.3) is 10.0 Å². The fourth-order valence-corrected chi connectivity index (χ4v) is 3.16. The summed E-state index contributed by atoms with van der Waals surface area (Å²) in [7, 11) is -3.74. The van der Waals surface area contributed by atoms with Crippen LogP contribution >= 0.6 is 0 Å². The fourth-order valence-electron chi connectivity index (χ4n) is 1.91. The highest BCUT2D eigenvalue weighted by molar-refractivity contribution is 7.89. The van der Waals surface area contributed by atoms with Gasteiger partial charge in [-0.05, 0) is 24.1 Å². The van der Waals surface area contributed by atoms with Crippen LogP contribution in [0.2, 0.25) is 0 Å². The Bertz CT molecular complexity index is 649. The van der Waals surface area contributed by atoms with Gasteiger partial charge in [0, 0.05) is 6.04 Å². The molecule has 0 aliphatic rings. The molecule has 0 fully saturated rings. The lowest BCUT2D eigenvalue weighted by atomic mass is 10.1. The number of aliphatic hydroxyl groups excluding tert-OH is 1. The van der Waals surface area contributed by atoms with Crippen molar-refractivity contribution in [1.29, 1.82) is 0 Å². The van der Waals surface area contributed by atoms with Crippen molar-refractivity contribution in [3.63, 3.8) is 0 Å². The summed E-state index contributed by atoms with van der Waals surface area (Å²) < 4.78 is 32.1. The van der Waals surface area contributed by atoms with Gasteiger partial charge in [0.2, 0.25) is 5.09 Å². The smallest absolute Gasteiger partial charge is 0.274 e. The molecule has 0 bridgehead atoms. The third-order valence-electron chi connectivity index (χ3n) is 2.97. The Morgan fingerprint density at radius 3 is 2.45 bits per heavy atom. The third-order valence-corrected chi connectivity index (χ3v) is 4.31. The van der Waals surface area contributed by atoms with Crippen molar-refractivity contribution < 1.29 is 17.9 Å². The molecule has 108 valence electrons. The van der Waals surface area contributed by atoms with Crippen molar-refractivity contribution in [1.82, 2.24) is 4.72 Å². The molecule has 2 aromatic rings. The molecular weight excluding hydrogens is 278 g/mol. The Labute approximate surface area is 118 Å². The number of hydrogen-bond donors (Lipinski definition) is 2. The lowest BCUT2D eigenvalue weighted by Gasteiger charge is -2.16. The lowest BCUT2D eigenvalue weighted by molar-refractivity contribution is 0.236. The minimum atomic E-state index is -3.74. The maximum Gasteiger partial charge on any atom is 0.274 e. The van der Waals surface area contributed by atoms with E-state index >= 15 is 0 Å². The summed E-state index contributed by atoms with van der Waals surface area (Å²) in [6, 6.07) is 11.8. The first-order valence-electron chi connectivity index (χ1n) is 6.33. The van der Waals surface area contributed by atoms with Crippen LogP contribution in [0.5, 0.6) is 0 Å². The van der Waals surface area contributed by atoms with Crippen molar-refractivity contribution in [3.05, 3.63) is 53.8 Å². The van der Waals surface area contributed by atoms with Crippen LogP contribution in [-0.2, 0) is 16.6 Å². The first kappa shape index (κ1) is 14.8. The Morgan fingerprint density at radius 1 is 1.20 bits per heavy atom. The molecule has 1 heterocycles. The lowest BCUT2D eigenvalue weighted by Crippen LogP contribution is -2.28. The summed E-state index contributed by atoms with van der Waals surface area (Å²) in [4.78, 5) is 0. The van der Waals surface area contributed by atoms with E-state index in [0.29, 0.717) is 6.42 Å². The number of benzene rings is 1. The number of furan rings is 1. The molecule has 1 unspecified atom stereocenters. The Balaban J connectivity index is 2.22. The third kappa shape index (κ3) is 3.27. The van der Waals surface area contributed by atoms with E-state index in [0.717, 1.165) is 5.56 Å². The average molecular weight is 295 g/mol. The summed E-state index contributed by atoms with van der Waals surface area (Å²) in [6.07, 6.45) is 0.622. The van der Waals surface area contributed by atoms with Crippen molar-refractivity contribution in [2.75, 3.05) is 0 Å². The fraction of sp³-hybridized carbons (Fsp3) is 0.286. The van der Waals surface area contributed by atoms with E-state index in [2.05, 4.69) is 4.72 Å². The van der Waals surface area contributed by atoms with Crippen molar-refractivity contribution in [2.24, 2.45) is 0 Å². The van der Waals surface area contributed by atoms with Crippen LogP contribution in [0.25, 0.3) is 0 Å². The zero-order valence-electron chi connectivity index (χ0n) is 11.1. The first-order chi connectivity index (χ1) is 9.56. The van der Waals surface area contributed by atoms with E-state index in [1.807, 2.05) is 37.3 Å². The van der Waals surface area contributed by atoms with Gasteiger partial charge >= 0.3 is 0 Å². The van der Waals surface area contributed by atoms with Crippen LogP contribution in [0.4, 0.5) is 0 Å². The van der Waals surface area contributed by atoms with Gasteiger partial charge in [0.15, 0.2) is 0 Å². The van der Waals surface area contributed by atoms with Crippen molar-refractivity contribution in [3.8, 4) is 0 Å². The Hall–Kier alpha value is -1.63. The summed E-state index contributed by atoms with van der Waals surface area (Å²) >= 11 is 0. The van der Waals surface area contributed by atoms with Crippen LogP contribution in [0.1, 0.15) is 30.7 Å². The molecule has 2 N–H and O–H groups in total. The van der Waals surface area contributed by atoms with E-state index in [1.165, 1.54) is 12.1 Å². The minimum absolute atomic E-state index is 0.184. The molecule has 0 amide bonds. The second-order valence-electron chi connectivity index (χ2n) is 4.37. The average Bonchev–Trinajstić information content (AvgIpc) is 2.95. The van der Waals surface area contributed by atoms with Crippen LogP contribution in [0.3, 0.4) is 0 Å². The van der Waals surface area contributed by atoms with Crippen molar-refractivity contribution in [2.45, 2.75) is 31.1 Å². The highest BCUT2D eigenvalue weighted by Gasteiger charge is 2.23. The maximum absolute atomic E-state index is 12.2. The molecule has 0 aliphatic heterocycles. The number of sulfonamides is 1. The van der Waals surface area contributed by atoms with Gasteiger partial charge in [0.05, 0.1) is 0 Å². The number of hydrogen-bond acceptors (Lipinski definition) is 4. The number of nitrogens with one attached hydrogen (secondary N) is 1. The van der Waals surface area contributed by atoms with Gasteiger partial charge in [-0.1, -0.05) is 37.3 Å². The summed E-state index contributed by atoms with van der Waals surface area (Å²) in [5.41, 5.74) is 0.896. The van der Waals surface area contributed by atoms with Crippen molar-refractivity contribution >= 4 is 10.0 Å². The quantitative estimate of drug-likeness (QED) is 0.856. The topological polar surface area (TPSA) is 79.5 Å². The van der Waals surface area contributed by atoms with Gasteiger partial charge in [-0.25, -0.2) is 13.1 Å². The molecule has 1 aromatic carbocycles. The monoisotopic (exact) mass is 295 g/mol. The van der Waals surface area contributed by atoms with E-state index in [-0.39, 0.29) is 23.5 Å². The molecule has 0 saturated carbocycles. The number of aliphatic hydroxyl groups is 1.